The lowest BCUT2D eigenvalue weighted by molar-refractivity contribution is -0.141. The first-order chi connectivity index (χ1) is 8.47. The monoisotopic (exact) mass is 268 g/mol. The number of amides is 2. The Hall–Kier alpha value is -1.69. The van der Waals surface area contributed by atoms with Gasteiger partial charge in [-0.15, -0.1) is 11.8 Å². The first kappa shape index (κ1) is 14.4. The van der Waals surface area contributed by atoms with Crippen molar-refractivity contribution in [2.24, 2.45) is 0 Å². The third-order valence-corrected chi connectivity index (χ3v) is 3.40. The summed E-state index contributed by atoms with van der Waals surface area (Å²) in [5.74, 6) is -1.04. The van der Waals surface area contributed by atoms with Crippen LogP contribution >= 0.6 is 11.8 Å². The molecule has 0 saturated carbocycles. The highest BCUT2D eigenvalue weighted by Gasteiger charge is 2.21. The normalized spacial score (nSPS) is 11.7. The van der Waals surface area contributed by atoms with Gasteiger partial charge in [-0.05, 0) is 25.3 Å². The molecule has 0 heterocycles. The van der Waals surface area contributed by atoms with Crippen LogP contribution in [0.5, 0.6) is 0 Å². The van der Waals surface area contributed by atoms with Crippen LogP contribution in [0.1, 0.15) is 6.92 Å². The molecule has 1 unspecified atom stereocenters. The Balaban J connectivity index is 2.78. The van der Waals surface area contributed by atoms with Crippen LogP contribution in [0.3, 0.4) is 0 Å². The highest BCUT2D eigenvalue weighted by Crippen LogP contribution is 2.24. The largest absolute Gasteiger partial charge is 0.480 e. The summed E-state index contributed by atoms with van der Waals surface area (Å²) in [7, 11) is 1.45. The molecule has 0 fully saturated rings. The minimum absolute atomic E-state index is 0.439. The van der Waals surface area contributed by atoms with E-state index in [-0.39, 0.29) is 0 Å². The number of aliphatic carboxylic acids is 1. The van der Waals surface area contributed by atoms with E-state index in [0.717, 1.165) is 9.80 Å². The zero-order chi connectivity index (χ0) is 13.7. The van der Waals surface area contributed by atoms with Crippen LogP contribution in [-0.4, -0.2) is 41.4 Å². The van der Waals surface area contributed by atoms with Crippen molar-refractivity contribution in [2.45, 2.75) is 17.9 Å². The number of thioether (sulfide) groups is 1. The lowest BCUT2D eigenvalue weighted by Gasteiger charge is -2.22. The van der Waals surface area contributed by atoms with Crippen LogP contribution in [0.2, 0.25) is 0 Å². The quantitative estimate of drug-likeness (QED) is 0.822. The summed E-state index contributed by atoms with van der Waals surface area (Å²) in [6.45, 7) is 1.46. The average Bonchev–Trinajstić information content (AvgIpc) is 2.37. The zero-order valence-corrected chi connectivity index (χ0v) is 11.3. The fourth-order valence-electron chi connectivity index (χ4n) is 1.29. The predicted octanol–water partition coefficient (Wildman–Crippen LogP) is 2.35. The van der Waals surface area contributed by atoms with E-state index in [1.165, 1.54) is 25.7 Å². The number of hydrogen-bond donors (Lipinski definition) is 2. The molecule has 1 atom stereocenters. The SMILES string of the molecule is CSc1ccccc1NC(=O)N(C)C(C)C(=O)O. The van der Waals surface area contributed by atoms with E-state index in [4.69, 9.17) is 5.11 Å². The van der Waals surface area contributed by atoms with Gasteiger partial charge < -0.3 is 15.3 Å². The second-order valence-electron chi connectivity index (χ2n) is 3.76. The Labute approximate surface area is 110 Å². The molecule has 0 aromatic heterocycles. The van der Waals surface area contributed by atoms with Gasteiger partial charge in [0, 0.05) is 11.9 Å². The van der Waals surface area contributed by atoms with Crippen molar-refractivity contribution in [1.82, 2.24) is 4.90 Å². The van der Waals surface area contributed by atoms with Crippen LogP contribution in [-0.2, 0) is 4.79 Å². The summed E-state index contributed by atoms with van der Waals surface area (Å²) in [5, 5.41) is 11.5. The van der Waals surface area contributed by atoms with Gasteiger partial charge in [0.05, 0.1) is 5.69 Å². The summed E-state index contributed by atoms with van der Waals surface area (Å²) in [6.07, 6.45) is 1.91. The van der Waals surface area contributed by atoms with Crippen molar-refractivity contribution in [1.29, 1.82) is 0 Å². The molecule has 18 heavy (non-hydrogen) atoms. The first-order valence-corrected chi connectivity index (χ1v) is 6.59. The Morgan fingerprint density at radius 3 is 2.56 bits per heavy atom. The third kappa shape index (κ3) is 3.40. The number of nitrogens with one attached hydrogen (secondary N) is 1. The second kappa shape index (κ2) is 6.30. The van der Waals surface area contributed by atoms with Crippen LogP contribution in [0.15, 0.2) is 29.2 Å². The summed E-state index contributed by atoms with van der Waals surface area (Å²) >= 11 is 1.51. The molecule has 5 nitrogen and oxygen atoms in total. The topological polar surface area (TPSA) is 69.6 Å². The van der Waals surface area contributed by atoms with E-state index in [1.54, 1.807) is 6.07 Å². The van der Waals surface area contributed by atoms with Crippen LogP contribution in [0.25, 0.3) is 0 Å². The number of rotatable bonds is 4. The van der Waals surface area contributed by atoms with E-state index in [9.17, 15) is 9.59 Å². The number of nitrogens with zero attached hydrogens (tertiary/aromatic N) is 1. The van der Waals surface area contributed by atoms with Gasteiger partial charge in [0.15, 0.2) is 0 Å². The fraction of sp³-hybridized carbons (Fsp3) is 0.333. The molecule has 1 aromatic rings. The summed E-state index contributed by atoms with van der Waals surface area (Å²) in [5.41, 5.74) is 0.680. The van der Waals surface area contributed by atoms with E-state index in [0.29, 0.717) is 5.69 Å². The molecule has 0 radical (unpaired) electrons. The third-order valence-electron chi connectivity index (χ3n) is 2.61. The molecule has 0 spiro atoms. The van der Waals surface area contributed by atoms with E-state index < -0.39 is 18.0 Å². The number of likely N-dealkylation sites (N-methyl/N-ethyl adjacent to an activating group) is 1. The molecule has 0 aliphatic rings. The molecule has 2 N–H and O–H groups in total. The number of anilines is 1. The second-order valence-corrected chi connectivity index (χ2v) is 4.60. The van der Waals surface area contributed by atoms with E-state index in [1.807, 2.05) is 24.5 Å². The molecular formula is C12H16N2O3S. The highest BCUT2D eigenvalue weighted by molar-refractivity contribution is 7.98. The van der Waals surface area contributed by atoms with Gasteiger partial charge in [-0.3, -0.25) is 0 Å². The Bertz CT molecular complexity index is 451. The van der Waals surface area contributed by atoms with E-state index >= 15 is 0 Å². The molecule has 0 aliphatic heterocycles. The number of benzene rings is 1. The van der Waals surface area contributed by atoms with Gasteiger partial charge in [0.25, 0.3) is 0 Å². The molecule has 0 bridgehead atoms. The average molecular weight is 268 g/mol. The van der Waals surface area contributed by atoms with Crippen LogP contribution < -0.4 is 5.32 Å². The molecule has 1 rings (SSSR count). The standard InChI is InChI=1S/C12H16N2O3S/c1-8(11(15)16)14(2)12(17)13-9-6-4-5-7-10(9)18-3/h4-8H,1-3H3,(H,13,17)(H,15,16). The van der Waals surface area contributed by atoms with Crippen molar-refractivity contribution in [3.8, 4) is 0 Å². The number of hydrogen-bond acceptors (Lipinski definition) is 3. The smallest absolute Gasteiger partial charge is 0.326 e. The maximum atomic E-state index is 11.9. The molecule has 0 aliphatic carbocycles. The lowest BCUT2D eigenvalue weighted by Crippen LogP contribution is -2.42. The fourth-order valence-corrected chi connectivity index (χ4v) is 1.85. The summed E-state index contributed by atoms with van der Waals surface area (Å²) in [4.78, 5) is 24.7. The van der Waals surface area contributed by atoms with Gasteiger partial charge in [-0.25, -0.2) is 9.59 Å². The van der Waals surface area contributed by atoms with E-state index in [2.05, 4.69) is 5.32 Å². The van der Waals surface area contributed by atoms with Gasteiger partial charge in [-0.1, -0.05) is 12.1 Å². The maximum absolute atomic E-state index is 11.9. The Morgan fingerprint density at radius 2 is 2.00 bits per heavy atom. The summed E-state index contributed by atoms with van der Waals surface area (Å²) < 4.78 is 0. The van der Waals surface area contributed by atoms with Gasteiger partial charge >= 0.3 is 12.0 Å². The van der Waals surface area contributed by atoms with Gasteiger partial charge in [0.2, 0.25) is 0 Å². The first-order valence-electron chi connectivity index (χ1n) is 5.37. The van der Waals surface area contributed by atoms with Crippen molar-refractivity contribution in [2.75, 3.05) is 18.6 Å². The Kier molecular flexibility index (Phi) is 5.03. The lowest BCUT2D eigenvalue weighted by atomic mass is 10.3. The van der Waals surface area contributed by atoms with Crippen molar-refractivity contribution >= 4 is 29.4 Å². The summed E-state index contributed by atoms with van der Waals surface area (Å²) in [6, 6.07) is 6.06. The molecule has 6 heteroatoms. The molecule has 0 saturated heterocycles. The number of carbonyl (C=O) groups excluding carboxylic acids is 1. The van der Waals surface area contributed by atoms with Gasteiger partial charge in [-0.2, -0.15) is 0 Å². The Morgan fingerprint density at radius 1 is 1.39 bits per heavy atom. The minimum atomic E-state index is -1.04. The van der Waals surface area contributed by atoms with Gasteiger partial charge in [0.1, 0.15) is 6.04 Å². The number of urea groups is 1. The molecule has 2 amide bonds. The van der Waals surface area contributed by atoms with Crippen molar-refractivity contribution < 1.29 is 14.7 Å². The number of carbonyl (C=O) groups is 2. The van der Waals surface area contributed by atoms with Crippen LogP contribution in [0.4, 0.5) is 10.5 Å². The highest BCUT2D eigenvalue weighted by atomic mass is 32.2. The molecular weight excluding hydrogens is 252 g/mol. The maximum Gasteiger partial charge on any atom is 0.326 e. The predicted molar refractivity (Wildman–Crippen MR) is 72.1 cm³/mol. The molecule has 1 aromatic carbocycles. The molecule has 98 valence electrons. The van der Waals surface area contributed by atoms with Crippen LogP contribution in [0, 0.1) is 0 Å². The number of carboxylic acids is 1. The number of para-hydroxylation sites is 1. The zero-order valence-electron chi connectivity index (χ0n) is 10.5. The minimum Gasteiger partial charge on any atom is -0.480 e. The van der Waals surface area contributed by atoms with Crippen molar-refractivity contribution in [3.63, 3.8) is 0 Å². The van der Waals surface area contributed by atoms with Crippen molar-refractivity contribution in [3.05, 3.63) is 24.3 Å². The number of carboxylic acid groups (broad SMARTS) is 1.